The summed E-state index contributed by atoms with van der Waals surface area (Å²) in [5, 5.41) is -0.467. The molecular weight excluding hydrogens is 351 g/mol. The Kier molecular flexibility index (Phi) is 13.9. The zero-order chi connectivity index (χ0) is 20.9. The van der Waals surface area contributed by atoms with Crippen LogP contribution in [-0.4, -0.2) is 16.7 Å². The van der Waals surface area contributed by atoms with E-state index in [4.69, 9.17) is 4.74 Å². The highest BCUT2D eigenvalue weighted by Gasteiger charge is 2.43. The molecule has 0 N–H and O–H groups in total. The lowest BCUT2D eigenvalue weighted by molar-refractivity contribution is -0.173. The molecule has 0 rings (SSSR count). The predicted octanol–water partition coefficient (Wildman–Crippen LogP) is 7.94. The Morgan fingerprint density at radius 1 is 0.852 bits per heavy atom. The van der Waals surface area contributed by atoms with Gasteiger partial charge in [0.05, 0.1) is 5.16 Å². The smallest absolute Gasteiger partial charge is 0.316 e. The number of hydrogen-bond acceptors (Lipinski definition) is 2. The number of rotatable bonds is 16. The minimum absolute atomic E-state index is 0.0167. The minimum atomic E-state index is -0.467. The van der Waals surface area contributed by atoms with Crippen molar-refractivity contribution in [1.29, 1.82) is 0 Å². The van der Waals surface area contributed by atoms with E-state index in [0.717, 1.165) is 57.3 Å². The molecule has 0 aromatic carbocycles. The summed E-state index contributed by atoms with van der Waals surface area (Å²) in [7, 11) is 2.77. The molecule has 0 aliphatic rings. The Balaban J connectivity index is 5.62. The minimum Gasteiger partial charge on any atom is -0.458 e. The standard InChI is InChI=1S/C24H49O2P/c1-8-14-20(12-5)17-19-24(13-6,21(15-9-2)16-10-3)26-22(25)23(7,27)18-11-4/h20-21H,8-19,27H2,1-7H3. The summed E-state index contributed by atoms with van der Waals surface area (Å²) in [4.78, 5) is 13.1. The van der Waals surface area contributed by atoms with Crippen LogP contribution in [0.4, 0.5) is 0 Å². The van der Waals surface area contributed by atoms with E-state index < -0.39 is 5.16 Å². The highest BCUT2D eigenvalue weighted by Crippen LogP contribution is 2.41. The van der Waals surface area contributed by atoms with Crippen LogP contribution < -0.4 is 0 Å². The monoisotopic (exact) mass is 400 g/mol. The van der Waals surface area contributed by atoms with Gasteiger partial charge in [0.1, 0.15) is 5.60 Å². The van der Waals surface area contributed by atoms with E-state index in [1.54, 1.807) is 0 Å². The SMILES string of the molecule is CCCC(CC)CCC(CC)(OC(=O)C(C)(P)CCC)C(CCC)CCC. The van der Waals surface area contributed by atoms with Gasteiger partial charge in [0, 0.05) is 0 Å². The molecule has 0 saturated heterocycles. The summed E-state index contributed by atoms with van der Waals surface area (Å²) >= 11 is 0. The molecule has 0 aromatic rings. The summed E-state index contributed by atoms with van der Waals surface area (Å²) < 4.78 is 6.49. The maximum atomic E-state index is 13.1. The van der Waals surface area contributed by atoms with Crippen molar-refractivity contribution in [2.45, 2.75) is 136 Å². The second kappa shape index (κ2) is 14.0. The lowest BCUT2D eigenvalue weighted by atomic mass is 9.74. The first-order valence-corrected chi connectivity index (χ1v) is 12.4. The van der Waals surface area contributed by atoms with Crippen LogP contribution in [-0.2, 0) is 9.53 Å². The van der Waals surface area contributed by atoms with Gasteiger partial charge in [-0.05, 0) is 57.3 Å². The molecule has 0 amide bonds. The molecule has 0 aromatic heterocycles. The zero-order valence-corrected chi connectivity index (χ0v) is 20.7. The molecule has 3 heteroatoms. The van der Waals surface area contributed by atoms with E-state index in [2.05, 4.69) is 50.8 Å². The van der Waals surface area contributed by atoms with Crippen molar-refractivity contribution in [3.05, 3.63) is 0 Å². The van der Waals surface area contributed by atoms with Crippen molar-refractivity contribution in [2.75, 3.05) is 0 Å². The van der Waals surface area contributed by atoms with Crippen molar-refractivity contribution in [3.63, 3.8) is 0 Å². The number of carbonyl (C=O) groups excluding carboxylic acids is 1. The van der Waals surface area contributed by atoms with Crippen molar-refractivity contribution >= 4 is 15.2 Å². The molecule has 0 fully saturated rings. The third-order valence-electron chi connectivity index (χ3n) is 6.40. The molecule has 0 radical (unpaired) electrons. The topological polar surface area (TPSA) is 26.3 Å². The Labute approximate surface area is 173 Å². The molecule has 0 heterocycles. The van der Waals surface area contributed by atoms with Crippen LogP contribution in [0.3, 0.4) is 0 Å². The maximum Gasteiger partial charge on any atom is 0.316 e. The molecule has 162 valence electrons. The average molecular weight is 401 g/mol. The van der Waals surface area contributed by atoms with Gasteiger partial charge in [-0.1, -0.05) is 80.1 Å². The van der Waals surface area contributed by atoms with E-state index in [1.165, 1.54) is 25.7 Å². The second-order valence-electron chi connectivity index (χ2n) is 8.85. The van der Waals surface area contributed by atoms with Crippen LogP contribution in [0.2, 0.25) is 0 Å². The molecule has 0 aliphatic heterocycles. The van der Waals surface area contributed by atoms with Gasteiger partial charge in [0.25, 0.3) is 0 Å². The largest absolute Gasteiger partial charge is 0.458 e. The van der Waals surface area contributed by atoms with Gasteiger partial charge in [0.2, 0.25) is 0 Å². The Morgan fingerprint density at radius 2 is 1.41 bits per heavy atom. The van der Waals surface area contributed by atoms with Gasteiger partial charge in [-0.25, -0.2) is 0 Å². The molecule has 2 nitrogen and oxygen atoms in total. The van der Waals surface area contributed by atoms with E-state index >= 15 is 0 Å². The van der Waals surface area contributed by atoms with Crippen molar-refractivity contribution in [2.24, 2.45) is 11.8 Å². The first-order valence-electron chi connectivity index (χ1n) is 11.8. The summed E-state index contributed by atoms with van der Waals surface area (Å²) in [5.74, 6) is 1.21. The third kappa shape index (κ3) is 8.84. The first-order chi connectivity index (χ1) is 12.8. The predicted molar refractivity (Wildman–Crippen MR) is 123 cm³/mol. The third-order valence-corrected chi connectivity index (χ3v) is 6.92. The van der Waals surface area contributed by atoms with Gasteiger partial charge in [-0.2, -0.15) is 0 Å². The number of hydrogen-bond donors (Lipinski definition) is 0. The normalized spacial score (nSPS) is 17.4. The molecule has 0 bridgehead atoms. The zero-order valence-electron chi connectivity index (χ0n) is 19.5. The lowest BCUT2D eigenvalue weighted by Gasteiger charge is -2.42. The van der Waals surface area contributed by atoms with E-state index in [1.807, 2.05) is 6.92 Å². The summed E-state index contributed by atoms with van der Waals surface area (Å²) in [6.45, 7) is 15.5. The summed E-state index contributed by atoms with van der Waals surface area (Å²) in [5.41, 5.74) is -0.296. The highest BCUT2D eigenvalue weighted by atomic mass is 31.0. The summed E-state index contributed by atoms with van der Waals surface area (Å²) in [6, 6.07) is 0. The van der Waals surface area contributed by atoms with Crippen molar-refractivity contribution in [3.8, 4) is 0 Å². The Hall–Kier alpha value is -0.100. The van der Waals surface area contributed by atoms with E-state index in [-0.39, 0.29) is 11.6 Å². The van der Waals surface area contributed by atoms with Crippen LogP contribution in [0.15, 0.2) is 0 Å². The van der Waals surface area contributed by atoms with Gasteiger partial charge in [-0.15, -0.1) is 9.24 Å². The second-order valence-corrected chi connectivity index (χ2v) is 10.1. The van der Waals surface area contributed by atoms with Crippen LogP contribution in [0, 0.1) is 11.8 Å². The number of ether oxygens (including phenoxy) is 1. The Bertz CT molecular complexity index is 388. The fourth-order valence-corrected chi connectivity index (χ4v) is 4.92. The average Bonchev–Trinajstić information content (AvgIpc) is 2.63. The molecule has 0 aliphatic carbocycles. The highest BCUT2D eigenvalue weighted by molar-refractivity contribution is 7.20. The van der Waals surface area contributed by atoms with Crippen molar-refractivity contribution in [1.82, 2.24) is 0 Å². The van der Waals surface area contributed by atoms with E-state index in [0.29, 0.717) is 5.92 Å². The molecule has 27 heavy (non-hydrogen) atoms. The molecular formula is C24H49O2P. The summed E-state index contributed by atoms with van der Waals surface area (Å²) in [6.07, 6.45) is 13.4. The van der Waals surface area contributed by atoms with Gasteiger partial charge >= 0.3 is 5.97 Å². The quantitative estimate of drug-likeness (QED) is 0.194. The lowest BCUT2D eigenvalue weighted by Crippen LogP contribution is -2.46. The van der Waals surface area contributed by atoms with Crippen molar-refractivity contribution < 1.29 is 9.53 Å². The maximum absolute atomic E-state index is 13.1. The van der Waals surface area contributed by atoms with Crippen LogP contribution in [0.5, 0.6) is 0 Å². The van der Waals surface area contributed by atoms with Crippen LogP contribution in [0.1, 0.15) is 126 Å². The molecule has 0 saturated carbocycles. The fourth-order valence-electron chi connectivity index (χ4n) is 4.58. The van der Waals surface area contributed by atoms with Crippen LogP contribution >= 0.6 is 9.24 Å². The molecule has 4 unspecified atom stereocenters. The molecule has 4 atom stereocenters. The molecule has 0 spiro atoms. The Morgan fingerprint density at radius 3 is 1.81 bits per heavy atom. The van der Waals surface area contributed by atoms with Crippen LogP contribution in [0.25, 0.3) is 0 Å². The van der Waals surface area contributed by atoms with Gasteiger partial charge < -0.3 is 4.74 Å². The number of carbonyl (C=O) groups is 1. The van der Waals surface area contributed by atoms with Gasteiger partial charge in [0.15, 0.2) is 0 Å². The fraction of sp³-hybridized carbons (Fsp3) is 0.958. The number of esters is 1. The van der Waals surface area contributed by atoms with Gasteiger partial charge in [-0.3, -0.25) is 4.79 Å². The first kappa shape index (κ1) is 26.9. The van der Waals surface area contributed by atoms with E-state index in [9.17, 15) is 4.79 Å².